The lowest BCUT2D eigenvalue weighted by Gasteiger charge is -2.17. The molecule has 0 amide bonds. The number of hydrogen-bond donors (Lipinski definition) is 1. The number of rotatable bonds is 3. The topological polar surface area (TPSA) is 26.0 Å². The highest BCUT2D eigenvalue weighted by Crippen LogP contribution is 2.24. The lowest BCUT2D eigenvalue weighted by atomic mass is 9.90. The second kappa shape index (κ2) is 5.15. The molecule has 0 unspecified atom stereocenters. The summed E-state index contributed by atoms with van der Waals surface area (Å²) in [6.45, 7) is 4.88. The molecule has 2 aromatic rings. The van der Waals surface area contributed by atoms with E-state index in [4.69, 9.17) is 5.73 Å². The Morgan fingerprint density at radius 2 is 1.35 bits per heavy atom. The Balaban J connectivity index is 2.40. The van der Waals surface area contributed by atoms with Gasteiger partial charge in [0.1, 0.15) is 0 Å². The van der Waals surface area contributed by atoms with E-state index >= 15 is 0 Å². The quantitative estimate of drug-likeness (QED) is 0.851. The lowest BCUT2D eigenvalue weighted by Crippen LogP contribution is -2.14. The van der Waals surface area contributed by atoms with E-state index in [2.05, 4.69) is 62.4 Å². The first kappa shape index (κ1) is 11.9. The Hall–Kier alpha value is -1.60. The van der Waals surface area contributed by atoms with Crippen LogP contribution in [0.25, 0.3) is 0 Å². The fourth-order valence-corrected chi connectivity index (χ4v) is 2.24. The molecule has 88 valence electrons. The van der Waals surface area contributed by atoms with E-state index < -0.39 is 0 Å². The molecule has 0 heterocycles. The van der Waals surface area contributed by atoms with E-state index in [0.717, 1.165) is 0 Å². The van der Waals surface area contributed by atoms with Crippen LogP contribution in [0.15, 0.2) is 48.5 Å². The summed E-state index contributed by atoms with van der Waals surface area (Å²) in [5.41, 5.74) is 11.1. The van der Waals surface area contributed by atoms with Crippen LogP contribution in [0.3, 0.4) is 0 Å². The van der Waals surface area contributed by atoms with Crippen molar-refractivity contribution in [2.75, 3.05) is 6.54 Å². The van der Waals surface area contributed by atoms with Crippen molar-refractivity contribution in [3.8, 4) is 0 Å². The normalized spacial score (nSPS) is 10.8. The summed E-state index contributed by atoms with van der Waals surface area (Å²) in [7, 11) is 0. The Kier molecular flexibility index (Phi) is 3.60. The number of hydrogen-bond acceptors (Lipinski definition) is 1. The van der Waals surface area contributed by atoms with E-state index in [1.165, 1.54) is 22.3 Å². The summed E-state index contributed by atoms with van der Waals surface area (Å²) in [6.07, 6.45) is 0. The smallest absolute Gasteiger partial charge is 0.0212 e. The molecule has 2 aromatic carbocycles. The predicted octanol–water partition coefficient (Wildman–Crippen LogP) is 3.39. The molecule has 1 nitrogen and oxygen atoms in total. The van der Waals surface area contributed by atoms with E-state index in [-0.39, 0.29) is 0 Å². The van der Waals surface area contributed by atoms with Crippen molar-refractivity contribution >= 4 is 0 Å². The third kappa shape index (κ3) is 2.75. The van der Waals surface area contributed by atoms with Gasteiger partial charge in [-0.1, -0.05) is 59.7 Å². The zero-order valence-electron chi connectivity index (χ0n) is 10.5. The Morgan fingerprint density at radius 3 is 1.71 bits per heavy atom. The third-order valence-electron chi connectivity index (χ3n) is 3.12. The molecule has 1 heteroatoms. The summed E-state index contributed by atoms with van der Waals surface area (Å²) < 4.78 is 0. The van der Waals surface area contributed by atoms with Gasteiger partial charge in [0.2, 0.25) is 0 Å². The van der Waals surface area contributed by atoms with E-state index in [1.807, 2.05) is 0 Å². The van der Waals surface area contributed by atoms with Gasteiger partial charge in [-0.05, 0) is 25.0 Å². The van der Waals surface area contributed by atoms with Gasteiger partial charge in [-0.3, -0.25) is 0 Å². The van der Waals surface area contributed by atoms with Crippen LogP contribution >= 0.6 is 0 Å². The van der Waals surface area contributed by atoms with Crippen molar-refractivity contribution in [3.05, 3.63) is 70.8 Å². The minimum Gasteiger partial charge on any atom is -0.330 e. The molecule has 0 fully saturated rings. The van der Waals surface area contributed by atoms with Crippen LogP contribution in [0.4, 0.5) is 0 Å². The average molecular weight is 225 g/mol. The highest BCUT2D eigenvalue weighted by atomic mass is 14.5. The highest BCUT2D eigenvalue weighted by molar-refractivity contribution is 5.36. The van der Waals surface area contributed by atoms with E-state index in [0.29, 0.717) is 12.5 Å². The van der Waals surface area contributed by atoms with Crippen LogP contribution in [-0.2, 0) is 0 Å². The van der Waals surface area contributed by atoms with Crippen LogP contribution in [0.2, 0.25) is 0 Å². The second-order valence-corrected chi connectivity index (χ2v) is 4.62. The first-order chi connectivity index (χ1) is 8.20. The largest absolute Gasteiger partial charge is 0.330 e. The van der Waals surface area contributed by atoms with Gasteiger partial charge < -0.3 is 5.73 Å². The number of benzene rings is 2. The summed E-state index contributed by atoms with van der Waals surface area (Å²) in [5, 5.41) is 0. The Bertz CT molecular complexity index is 457. The zero-order valence-corrected chi connectivity index (χ0v) is 10.5. The molecule has 0 aromatic heterocycles. The van der Waals surface area contributed by atoms with Gasteiger partial charge in [-0.2, -0.15) is 0 Å². The minimum atomic E-state index is 0.301. The van der Waals surface area contributed by atoms with Crippen LogP contribution < -0.4 is 5.73 Å². The van der Waals surface area contributed by atoms with Gasteiger partial charge in [-0.15, -0.1) is 0 Å². The predicted molar refractivity (Wildman–Crippen MR) is 73.3 cm³/mol. The van der Waals surface area contributed by atoms with Gasteiger partial charge in [0, 0.05) is 12.5 Å². The molecule has 0 saturated carbocycles. The van der Waals surface area contributed by atoms with Gasteiger partial charge in [0.25, 0.3) is 0 Å². The number of nitrogens with two attached hydrogens (primary N) is 1. The summed E-state index contributed by atoms with van der Waals surface area (Å²) in [4.78, 5) is 0. The molecule has 17 heavy (non-hydrogen) atoms. The molecule has 0 aliphatic heterocycles. The van der Waals surface area contributed by atoms with Crippen LogP contribution in [-0.4, -0.2) is 6.54 Å². The van der Waals surface area contributed by atoms with Crippen molar-refractivity contribution < 1.29 is 0 Å². The van der Waals surface area contributed by atoms with Crippen molar-refractivity contribution in [2.45, 2.75) is 19.8 Å². The summed E-state index contributed by atoms with van der Waals surface area (Å²) in [5.74, 6) is 0.301. The molecular formula is C16H19N. The van der Waals surface area contributed by atoms with Gasteiger partial charge in [-0.25, -0.2) is 0 Å². The number of aryl methyl sites for hydroxylation is 2. The fourth-order valence-electron chi connectivity index (χ4n) is 2.24. The maximum atomic E-state index is 5.94. The van der Waals surface area contributed by atoms with Gasteiger partial charge in [0.05, 0.1) is 0 Å². The molecular weight excluding hydrogens is 206 g/mol. The second-order valence-electron chi connectivity index (χ2n) is 4.62. The molecule has 0 atom stereocenters. The Morgan fingerprint density at radius 1 is 0.882 bits per heavy atom. The molecule has 0 spiro atoms. The van der Waals surface area contributed by atoms with Crippen molar-refractivity contribution in [2.24, 2.45) is 5.73 Å². The first-order valence-corrected chi connectivity index (χ1v) is 6.04. The fraction of sp³-hybridized carbons (Fsp3) is 0.250. The molecule has 0 radical (unpaired) electrons. The molecule has 0 saturated heterocycles. The summed E-state index contributed by atoms with van der Waals surface area (Å²) in [6, 6.07) is 17.2. The van der Waals surface area contributed by atoms with Gasteiger partial charge >= 0.3 is 0 Å². The van der Waals surface area contributed by atoms with E-state index in [1.54, 1.807) is 0 Å². The van der Waals surface area contributed by atoms with Crippen LogP contribution in [0.5, 0.6) is 0 Å². The summed E-state index contributed by atoms with van der Waals surface area (Å²) >= 11 is 0. The maximum absolute atomic E-state index is 5.94. The monoisotopic (exact) mass is 225 g/mol. The third-order valence-corrected chi connectivity index (χ3v) is 3.12. The van der Waals surface area contributed by atoms with E-state index in [9.17, 15) is 0 Å². The SMILES string of the molecule is Cc1cccc(C(CN)c2cccc(C)c2)c1. The zero-order chi connectivity index (χ0) is 12.3. The molecule has 0 aliphatic rings. The molecule has 0 aliphatic carbocycles. The van der Waals surface area contributed by atoms with Crippen molar-refractivity contribution in [3.63, 3.8) is 0 Å². The van der Waals surface area contributed by atoms with Crippen molar-refractivity contribution in [1.82, 2.24) is 0 Å². The Labute approximate surface area is 103 Å². The highest BCUT2D eigenvalue weighted by Gasteiger charge is 2.12. The molecule has 0 bridgehead atoms. The van der Waals surface area contributed by atoms with Crippen molar-refractivity contribution in [1.29, 1.82) is 0 Å². The van der Waals surface area contributed by atoms with Gasteiger partial charge in [0.15, 0.2) is 0 Å². The minimum absolute atomic E-state index is 0.301. The first-order valence-electron chi connectivity index (χ1n) is 6.04. The lowest BCUT2D eigenvalue weighted by molar-refractivity contribution is 0.817. The molecule has 2 rings (SSSR count). The standard InChI is InChI=1S/C16H19N/c1-12-5-3-7-14(9-12)16(11-17)15-8-4-6-13(2)10-15/h3-10,16H,11,17H2,1-2H3. The maximum Gasteiger partial charge on any atom is 0.0212 e. The average Bonchev–Trinajstić information content (AvgIpc) is 2.30. The molecule has 2 N–H and O–H groups in total. The van der Waals surface area contributed by atoms with Crippen LogP contribution in [0, 0.1) is 13.8 Å². The van der Waals surface area contributed by atoms with Crippen LogP contribution in [0.1, 0.15) is 28.2 Å².